The maximum absolute atomic E-state index is 5.97. The van der Waals surface area contributed by atoms with E-state index >= 15 is 0 Å². The first kappa shape index (κ1) is 13.4. The molecule has 0 fully saturated rings. The number of fused-ring (bicyclic) bond motifs is 1. The lowest BCUT2D eigenvalue weighted by Crippen LogP contribution is -1.94. The molecular weight excluding hydrogens is 289 g/mol. The fourth-order valence-electron chi connectivity index (χ4n) is 2.20. The van der Waals surface area contributed by atoms with Gasteiger partial charge in [-0.3, -0.25) is 4.98 Å². The number of nitrogens with zero attached hydrogens (tertiary/aromatic N) is 1. The Labute approximate surface area is 128 Å². The highest BCUT2D eigenvalue weighted by atomic mass is 35.5. The van der Waals surface area contributed by atoms with Gasteiger partial charge in [-0.2, -0.15) is 0 Å². The summed E-state index contributed by atoms with van der Waals surface area (Å²) in [5.74, 6) is 0. The number of pyridine rings is 1. The third kappa shape index (κ3) is 3.12. The van der Waals surface area contributed by atoms with E-state index in [4.69, 9.17) is 23.2 Å². The molecule has 1 aromatic heterocycles. The molecule has 0 atom stereocenters. The first-order chi connectivity index (χ1) is 9.70. The Kier molecular flexibility index (Phi) is 3.90. The van der Waals surface area contributed by atoms with Gasteiger partial charge in [-0.15, -0.1) is 0 Å². The van der Waals surface area contributed by atoms with Gasteiger partial charge in [-0.05, 0) is 54.8 Å². The second-order valence-electron chi connectivity index (χ2n) is 4.77. The molecular formula is C17H13Cl2N. The number of rotatable bonds is 3. The molecule has 0 bridgehead atoms. The average molecular weight is 302 g/mol. The molecule has 0 aliphatic heterocycles. The van der Waals surface area contributed by atoms with Gasteiger partial charge in [0.25, 0.3) is 0 Å². The maximum atomic E-state index is 5.97. The molecule has 3 aromatic rings. The van der Waals surface area contributed by atoms with Crippen LogP contribution in [-0.2, 0) is 12.8 Å². The Morgan fingerprint density at radius 3 is 2.30 bits per heavy atom. The van der Waals surface area contributed by atoms with E-state index < -0.39 is 0 Å². The topological polar surface area (TPSA) is 12.9 Å². The number of hydrogen-bond acceptors (Lipinski definition) is 1. The summed E-state index contributed by atoms with van der Waals surface area (Å²) in [5, 5.41) is 2.59. The molecule has 20 heavy (non-hydrogen) atoms. The van der Waals surface area contributed by atoms with Crippen LogP contribution in [0.2, 0.25) is 10.0 Å². The summed E-state index contributed by atoms with van der Waals surface area (Å²) in [5.41, 5.74) is 3.35. The molecule has 1 heterocycles. The van der Waals surface area contributed by atoms with Crippen molar-refractivity contribution >= 4 is 34.1 Å². The summed E-state index contributed by atoms with van der Waals surface area (Å²) in [6.07, 6.45) is 1.88. The van der Waals surface area contributed by atoms with Gasteiger partial charge in [-0.25, -0.2) is 0 Å². The molecule has 0 amide bonds. The largest absolute Gasteiger partial charge is 0.253 e. The highest BCUT2D eigenvalue weighted by Gasteiger charge is 2.01. The zero-order chi connectivity index (χ0) is 13.9. The van der Waals surface area contributed by atoms with Gasteiger partial charge in [-0.1, -0.05) is 41.4 Å². The molecule has 1 nitrogen and oxygen atoms in total. The fourth-order valence-corrected chi connectivity index (χ4v) is 2.51. The van der Waals surface area contributed by atoms with Crippen molar-refractivity contribution in [1.29, 1.82) is 0 Å². The summed E-state index contributed by atoms with van der Waals surface area (Å²) in [7, 11) is 0. The van der Waals surface area contributed by atoms with Gasteiger partial charge < -0.3 is 0 Å². The summed E-state index contributed by atoms with van der Waals surface area (Å²) in [6.45, 7) is 0. The highest BCUT2D eigenvalue weighted by Crippen LogP contribution is 2.19. The minimum Gasteiger partial charge on any atom is -0.253 e. The predicted octanol–water partition coefficient (Wildman–Crippen LogP) is 5.33. The molecule has 2 aromatic carbocycles. The quantitative estimate of drug-likeness (QED) is 0.637. The van der Waals surface area contributed by atoms with Gasteiger partial charge in [0, 0.05) is 21.1 Å². The molecule has 100 valence electrons. The van der Waals surface area contributed by atoms with E-state index in [1.165, 1.54) is 5.56 Å². The van der Waals surface area contributed by atoms with Crippen LogP contribution in [0.25, 0.3) is 10.9 Å². The smallest absolute Gasteiger partial charge is 0.0706 e. The van der Waals surface area contributed by atoms with Crippen LogP contribution < -0.4 is 0 Å². The third-order valence-corrected chi connectivity index (χ3v) is 3.78. The first-order valence-corrected chi connectivity index (χ1v) is 7.26. The van der Waals surface area contributed by atoms with Crippen LogP contribution in [0.15, 0.2) is 54.6 Å². The number of benzene rings is 2. The second-order valence-corrected chi connectivity index (χ2v) is 5.64. The molecule has 0 saturated carbocycles. The van der Waals surface area contributed by atoms with Crippen molar-refractivity contribution in [2.45, 2.75) is 12.8 Å². The fraction of sp³-hybridized carbons (Fsp3) is 0.118. The zero-order valence-electron chi connectivity index (χ0n) is 10.8. The van der Waals surface area contributed by atoms with Crippen LogP contribution in [0.4, 0.5) is 0 Å². The summed E-state index contributed by atoms with van der Waals surface area (Å²) < 4.78 is 0. The Hall–Kier alpha value is -1.57. The molecule has 3 rings (SSSR count). The van der Waals surface area contributed by atoms with E-state index in [1.54, 1.807) is 0 Å². The molecule has 0 radical (unpaired) electrons. The molecule has 0 N–H and O–H groups in total. The van der Waals surface area contributed by atoms with Gasteiger partial charge in [0.05, 0.1) is 5.52 Å². The minimum absolute atomic E-state index is 0.744. The highest BCUT2D eigenvalue weighted by molar-refractivity contribution is 6.31. The van der Waals surface area contributed by atoms with Crippen LogP contribution in [0.5, 0.6) is 0 Å². The summed E-state index contributed by atoms with van der Waals surface area (Å²) >= 11 is 11.9. The SMILES string of the molecule is Clc1ccc(CCc2ccc3cc(Cl)ccc3n2)cc1. The first-order valence-electron chi connectivity index (χ1n) is 6.50. The number of aromatic nitrogens is 1. The van der Waals surface area contributed by atoms with E-state index in [-0.39, 0.29) is 0 Å². The number of aryl methyl sites for hydroxylation is 2. The van der Waals surface area contributed by atoms with Crippen molar-refractivity contribution in [3.63, 3.8) is 0 Å². The van der Waals surface area contributed by atoms with Crippen LogP contribution >= 0.6 is 23.2 Å². The zero-order valence-corrected chi connectivity index (χ0v) is 12.3. The Balaban J connectivity index is 1.77. The average Bonchev–Trinajstić information content (AvgIpc) is 2.46. The van der Waals surface area contributed by atoms with Gasteiger partial charge in [0.2, 0.25) is 0 Å². The van der Waals surface area contributed by atoms with E-state index in [1.807, 2.05) is 30.3 Å². The van der Waals surface area contributed by atoms with Gasteiger partial charge in [0.1, 0.15) is 0 Å². The van der Waals surface area contributed by atoms with Gasteiger partial charge >= 0.3 is 0 Å². The van der Waals surface area contributed by atoms with Crippen molar-refractivity contribution < 1.29 is 0 Å². The summed E-state index contributed by atoms with van der Waals surface area (Å²) in [4.78, 5) is 4.66. The lowest BCUT2D eigenvalue weighted by Gasteiger charge is -2.04. The molecule has 3 heteroatoms. The van der Waals surface area contributed by atoms with Crippen LogP contribution in [-0.4, -0.2) is 4.98 Å². The van der Waals surface area contributed by atoms with Crippen molar-refractivity contribution in [2.24, 2.45) is 0 Å². The van der Waals surface area contributed by atoms with Crippen molar-refractivity contribution in [1.82, 2.24) is 4.98 Å². The van der Waals surface area contributed by atoms with E-state index in [2.05, 4.69) is 29.2 Å². The molecule has 0 unspecified atom stereocenters. The van der Waals surface area contributed by atoms with Gasteiger partial charge in [0.15, 0.2) is 0 Å². The lowest BCUT2D eigenvalue weighted by molar-refractivity contribution is 0.923. The predicted molar refractivity (Wildman–Crippen MR) is 85.6 cm³/mol. The van der Waals surface area contributed by atoms with Crippen molar-refractivity contribution in [2.75, 3.05) is 0 Å². The Morgan fingerprint density at radius 2 is 1.50 bits per heavy atom. The van der Waals surface area contributed by atoms with E-state index in [0.29, 0.717) is 0 Å². The number of halogens is 2. The monoisotopic (exact) mass is 301 g/mol. The molecule has 0 saturated heterocycles. The molecule has 0 aliphatic carbocycles. The molecule has 0 spiro atoms. The Bertz CT molecular complexity index is 736. The number of hydrogen-bond donors (Lipinski definition) is 0. The normalized spacial score (nSPS) is 10.9. The van der Waals surface area contributed by atoms with Crippen molar-refractivity contribution in [3.8, 4) is 0 Å². The minimum atomic E-state index is 0.744. The summed E-state index contributed by atoms with van der Waals surface area (Å²) in [6, 6.07) is 17.9. The van der Waals surface area contributed by atoms with E-state index in [0.717, 1.165) is 39.5 Å². The molecule has 0 aliphatic rings. The van der Waals surface area contributed by atoms with Crippen LogP contribution in [0, 0.1) is 0 Å². The maximum Gasteiger partial charge on any atom is 0.0706 e. The van der Waals surface area contributed by atoms with Crippen molar-refractivity contribution in [3.05, 3.63) is 75.9 Å². The standard InChI is InChI=1S/C17H13Cl2N/c18-14-5-1-12(2-6-14)3-8-16-9-4-13-11-15(19)7-10-17(13)20-16/h1-2,4-7,9-11H,3,8H2. The lowest BCUT2D eigenvalue weighted by atomic mass is 10.1. The van der Waals surface area contributed by atoms with Crippen LogP contribution in [0.3, 0.4) is 0 Å². The Morgan fingerprint density at radius 1 is 0.750 bits per heavy atom. The van der Waals surface area contributed by atoms with E-state index in [9.17, 15) is 0 Å². The van der Waals surface area contributed by atoms with Crippen LogP contribution in [0.1, 0.15) is 11.3 Å². The second kappa shape index (κ2) is 5.82. The third-order valence-electron chi connectivity index (χ3n) is 3.29.